The lowest BCUT2D eigenvalue weighted by atomic mass is 9.87. The number of carboxylic acid groups (broad SMARTS) is 1. The van der Waals surface area contributed by atoms with Crippen molar-refractivity contribution in [2.24, 2.45) is 0 Å². The second-order valence-electron chi connectivity index (χ2n) is 4.10. The maximum absolute atomic E-state index is 10.8. The molecule has 2 rings (SSSR count). The summed E-state index contributed by atoms with van der Waals surface area (Å²) >= 11 is 0. The van der Waals surface area contributed by atoms with Crippen molar-refractivity contribution in [3.63, 3.8) is 0 Å². The molecule has 1 fully saturated rings. The van der Waals surface area contributed by atoms with Crippen molar-refractivity contribution < 1.29 is 15.0 Å². The van der Waals surface area contributed by atoms with E-state index in [1.807, 2.05) is 30.3 Å². The van der Waals surface area contributed by atoms with Gasteiger partial charge in [0.25, 0.3) is 0 Å². The van der Waals surface area contributed by atoms with Crippen molar-refractivity contribution in [1.29, 1.82) is 0 Å². The van der Waals surface area contributed by atoms with Gasteiger partial charge in [0.1, 0.15) is 0 Å². The maximum Gasteiger partial charge on any atom is 0.407 e. The van der Waals surface area contributed by atoms with Gasteiger partial charge in [-0.15, -0.1) is 0 Å². The zero-order valence-corrected chi connectivity index (χ0v) is 8.91. The third-order valence-electron chi connectivity index (χ3n) is 3.08. The number of piperidine rings is 1. The van der Waals surface area contributed by atoms with Crippen molar-refractivity contribution in [3.8, 4) is 0 Å². The van der Waals surface area contributed by atoms with Gasteiger partial charge < -0.3 is 15.1 Å². The van der Waals surface area contributed by atoms with E-state index in [-0.39, 0.29) is 12.5 Å². The number of β-amino-alcohol motifs (C(OH)–C–C–N with tert-alkyl or cyclic N) is 1. The molecule has 0 aromatic heterocycles. The third kappa shape index (κ3) is 2.17. The molecule has 0 radical (unpaired) electrons. The smallest absolute Gasteiger partial charge is 0.407 e. The van der Waals surface area contributed by atoms with Gasteiger partial charge in [0, 0.05) is 12.5 Å². The lowest BCUT2D eigenvalue weighted by molar-refractivity contribution is 0.0504. The van der Waals surface area contributed by atoms with E-state index in [2.05, 4.69) is 0 Å². The summed E-state index contributed by atoms with van der Waals surface area (Å²) in [6.45, 7) is 0.695. The SMILES string of the molecule is O=C(O)N1CCC(c2ccccc2)C(O)C1. The molecule has 1 aromatic carbocycles. The molecule has 0 saturated carbocycles. The van der Waals surface area contributed by atoms with Crippen LogP contribution in [0.4, 0.5) is 4.79 Å². The van der Waals surface area contributed by atoms with Crippen LogP contribution in [0.1, 0.15) is 17.9 Å². The molecule has 1 heterocycles. The minimum atomic E-state index is -0.953. The number of nitrogens with zero attached hydrogens (tertiary/aromatic N) is 1. The fraction of sp³-hybridized carbons (Fsp3) is 0.417. The molecule has 16 heavy (non-hydrogen) atoms. The van der Waals surface area contributed by atoms with E-state index in [4.69, 9.17) is 5.11 Å². The molecule has 1 aromatic rings. The van der Waals surface area contributed by atoms with Gasteiger partial charge >= 0.3 is 6.09 Å². The van der Waals surface area contributed by atoms with Crippen LogP contribution in [0.15, 0.2) is 30.3 Å². The van der Waals surface area contributed by atoms with Crippen LogP contribution in [-0.2, 0) is 0 Å². The molecule has 1 aliphatic rings. The first-order valence-corrected chi connectivity index (χ1v) is 5.39. The summed E-state index contributed by atoms with van der Waals surface area (Å²) in [5.41, 5.74) is 1.08. The zero-order valence-electron chi connectivity index (χ0n) is 8.91. The largest absolute Gasteiger partial charge is 0.465 e. The lowest BCUT2D eigenvalue weighted by Gasteiger charge is -2.34. The molecule has 0 aliphatic carbocycles. The Morgan fingerprint density at radius 1 is 1.31 bits per heavy atom. The Bertz CT molecular complexity index is 366. The van der Waals surface area contributed by atoms with Crippen LogP contribution < -0.4 is 0 Å². The standard InChI is InChI=1S/C12H15NO3/c14-11-8-13(12(15)16)7-6-10(11)9-4-2-1-3-5-9/h1-5,10-11,14H,6-8H2,(H,15,16). The topological polar surface area (TPSA) is 60.8 Å². The lowest BCUT2D eigenvalue weighted by Crippen LogP contribution is -2.45. The first kappa shape index (κ1) is 11.0. The molecular formula is C12H15NO3. The Hall–Kier alpha value is -1.55. The number of benzene rings is 1. The number of aliphatic hydroxyl groups is 1. The highest BCUT2D eigenvalue weighted by Gasteiger charge is 2.30. The Kier molecular flexibility index (Phi) is 3.10. The van der Waals surface area contributed by atoms with E-state index in [1.54, 1.807) is 0 Å². The summed E-state index contributed by atoms with van der Waals surface area (Å²) in [4.78, 5) is 12.0. The summed E-state index contributed by atoms with van der Waals surface area (Å²) in [5, 5.41) is 18.8. The van der Waals surface area contributed by atoms with E-state index >= 15 is 0 Å². The Morgan fingerprint density at radius 3 is 2.56 bits per heavy atom. The average Bonchev–Trinajstić information content (AvgIpc) is 2.30. The third-order valence-corrected chi connectivity index (χ3v) is 3.08. The number of hydrogen-bond donors (Lipinski definition) is 2. The zero-order chi connectivity index (χ0) is 11.5. The normalized spacial score (nSPS) is 25.4. The predicted octanol–water partition coefficient (Wildman–Crippen LogP) is 1.51. The molecular weight excluding hydrogens is 206 g/mol. The number of rotatable bonds is 1. The highest BCUT2D eigenvalue weighted by Crippen LogP contribution is 2.28. The summed E-state index contributed by atoms with van der Waals surface area (Å²) < 4.78 is 0. The van der Waals surface area contributed by atoms with Gasteiger partial charge in [0.05, 0.1) is 12.6 Å². The summed E-state index contributed by atoms with van der Waals surface area (Å²) in [6, 6.07) is 9.76. The van der Waals surface area contributed by atoms with Crippen LogP contribution in [0.2, 0.25) is 0 Å². The van der Waals surface area contributed by atoms with Crippen LogP contribution in [0, 0.1) is 0 Å². The Labute approximate surface area is 94.1 Å². The van der Waals surface area contributed by atoms with E-state index in [9.17, 15) is 9.90 Å². The van der Waals surface area contributed by atoms with Crippen molar-refractivity contribution >= 4 is 6.09 Å². The van der Waals surface area contributed by atoms with E-state index in [0.29, 0.717) is 13.0 Å². The van der Waals surface area contributed by atoms with Gasteiger partial charge in [-0.1, -0.05) is 30.3 Å². The number of carbonyl (C=O) groups is 1. The fourth-order valence-corrected chi connectivity index (χ4v) is 2.19. The van der Waals surface area contributed by atoms with Crippen LogP contribution in [0.25, 0.3) is 0 Å². The van der Waals surface area contributed by atoms with Gasteiger partial charge in [-0.3, -0.25) is 0 Å². The molecule has 0 spiro atoms. The molecule has 0 bridgehead atoms. The predicted molar refractivity (Wildman–Crippen MR) is 59.4 cm³/mol. The van der Waals surface area contributed by atoms with Crippen molar-refractivity contribution in [1.82, 2.24) is 4.90 Å². The Morgan fingerprint density at radius 2 is 2.00 bits per heavy atom. The fourth-order valence-electron chi connectivity index (χ4n) is 2.19. The quantitative estimate of drug-likeness (QED) is 0.755. The van der Waals surface area contributed by atoms with Gasteiger partial charge in [-0.25, -0.2) is 4.79 Å². The highest BCUT2D eigenvalue weighted by atomic mass is 16.4. The maximum atomic E-state index is 10.8. The molecule has 1 saturated heterocycles. The summed E-state index contributed by atoms with van der Waals surface area (Å²) in [5.74, 6) is 0.0526. The second kappa shape index (κ2) is 4.53. The minimum Gasteiger partial charge on any atom is -0.465 e. The number of likely N-dealkylation sites (tertiary alicyclic amines) is 1. The second-order valence-corrected chi connectivity index (χ2v) is 4.10. The summed E-state index contributed by atoms with van der Waals surface area (Å²) in [7, 11) is 0. The van der Waals surface area contributed by atoms with E-state index in [0.717, 1.165) is 5.56 Å². The van der Waals surface area contributed by atoms with E-state index in [1.165, 1.54) is 4.90 Å². The van der Waals surface area contributed by atoms with Gasteiger partial charge in [0.2, 0.25) is 0 Å². The molecule has 2 unspecified atom stereocenters. The Balaban J connectivity index is 2.08. The molecule has 2 N–H and O–H groups in total. The van der Waals surface area contributed by atoms with Crippen LogP contribution >= 0.6 is 0 Å². The van der Waals surface area contributed by atoms with Crippen LogP contribution in [-0.4, -0.2) is 40.4 Å². The molecule has 4 heteroatoms. The van der Waals surface area contributed by atoms with Crippen molar-refractivity contribution in [3.05, 3.63) is 35.9 Å². The molecule has 2 atom stereocenters. The van der Waals surface area contributed by atoms with Gasteiger partial charge in [0.15, 0.2) is 0 Å². The number of hydrogen-bond acceptors (Lipinski definition) is 2. The number of aliphatic hydroxyl groups excluding tert-OH is 1. The van der Waals surface area contributed by atoms with Crippen LogP contribution in [0.5, 0.6) is 0 Å². The minimum absolute atomic E-state index is 0.0526. The molecule has 1 aliphatic heterocycles. The van der Waals surface area contributed by atoms with Gasteiger partial charge in [-0.2, -0.15) is 0 Å². The van der Waals surface area contributed by atoms with Crippen LogP contribution in [0.3, 0.4) is 0 Å². The van der Waals surface area contributed by atoms with Crippen molar-refractivity contribution in [2.75, 3.05) is 13.1 Å². The average molecular weight is 221 g/mol. The first-order chi connectivity index (χ1) is 7.68. The number of amides is 1. The van der Waals surface area contributed by atoms with Gasteiger partial charge in [-0.05, 0) is 12.0 Å². The molecule has 86 valence electrons. The monoisotopic (exact) mass is 221 g/mol. The molecule has 1 amide bonds. The highest BCUT2D eigenvalue weighted by molar-refractivity contribution is 5.65. The summed E-state index contributed by atoms with van der Waals surface area (Å²) in [6.07, 6.45) is -0.880. The van der Waals surface area contributed by atoms with Crippen molar-refractivity contribution in [2.45, 2.75) is 18.4 Å². The molecule has 4 nitrogen and oxygen atoms in total. The van der Waals surface area contributed by atoms with E-state index < -0.39 is 12.2 Å². The first-order valence-electron chi connectivity index (χ1n) is 5.39.